The van der Waals surface area contributed by atoms with Crippen LogP contribution in [-0.2, 0) is 0 Å². The Balaban J connectivity index is 2.10. The van der Waals surface area contributed by atoms with Crippen molar-refractivity contribution in [2.24, 2.45) is 0 Å². The lowest BCUT2D eigenvalue weighted by molar-refractivity contribution is 0.242. The van der Waals surface area contributed by atoms with Crippen LogP contribution in [0, 0.1) is 0 Å². The molecule has 0 bridgehead atoms. The van der Waals surface area contributed by atoms with Gasteiger partial charge in [0.1, 0.15) is 11.9 Å². The zero-order chi connectivity index (χ0) is 8.67. The van der Waals surface area contributed by atoms with Crippen molar-refractivity contribution in [3.05, 3.63) is 35.5 Å². The Morgan fingerprint density at radius 3 is 3.23 bits per heavy atom. The summed E-state index contributed by atoms with van der Waals surface area (Å²) < 4.78 is 5.83. The van der Waals surface area contributed by atoms with Gasteiger partial charge in [-0.05, 0) is 12.1 Å². The standard InChI is InChI=1S/C11H11NO/c1-2-4-10-8(3-1)7-9-11(13-10)5-6-12-9/h1-4,7,11-12H,5-6H2. The van der Waals surface area contributed by atoms with Gasteiger partial charge in [-0.25, -0.2) is 0 Å². The summed E-state index contributed by atoms with van der Waals surface area (Å²) >= 11 is 0. The molecule has 2 heterocycles. The van der Waals surface area contributed by atoms with Crippen LogP contribution in [0.25, 0.3) is 6.08 Å². The maximum Gasteiger partial charge on any atom is 0.140 e. The topological polar surface area (TPSA) is 21.3 Å². The molecule has 1 aromatic rings. The first kappa shape index (κ1) is 7.01. The molecule has 66 valence electrons. The van der Waals surface area contributed by atoms with Gasteiger partial charge in [0.2, 0.25) is 0 Å². The molecule has 1 unspecified atom stereocenters. The van der Waals surface area contributed by atoms with Gasteiger partial charge in [-0.2, -0.15) is 0 Å². The largest absolute Gasteiger partial charge is 0.484 e. The minimum Gasteiger partial charge on any atom is -0.484 e. The number of rotatable bonds is 0. The van der Waals surface area contributed by atoms with Gasteiger partial charge >= 0.3 is 0 Å². The highest BCUT2D eigenvalue weighted by molar-refractivity contribution is 5.63. The summed E-state index contributed by atoms with van der Waals surface area (Å²) in [5.74, 6) is 1.01. The van der Waals surface area contributed by atoms with E-state index in [1.165, 1.54) is 11.3 Å². The molecule has 1 aromatic carbocycles. The van der Waals surface area contributed by atoms with Crippen LogP contribution in [0.3, 0.4) is 0 Å². The van der Waals surface area contributed by atoms with Crippen LogP contribution in [-0.4, -0.2) is 12.6 Å². The molecule has 2 aliphatic rings. The van der Waals surface area contributed by atoms with E-state index < -0.39 is 0 Å². The Bertz CT molecular complexity index is 370. The molecule has 0 aromatic heterocycles. The molecule has 0 saturated carbocycles. The number of nitrogens with one attached hydrogen (secondary N) is 1. The maximum absolute atomic E-state index is 5.83. The number of fused-ring (bicyclic) bond motifs is 2. The molecule has 2 heteroatoms. The number of ether oxygens (including phenoxy) is 1. The van der Waals surface area contributed by atoms with Gasteiger partial charge < -0.3 is 10.1 Å². The van der Waals surface area contributed by atoms with Crippen molar-refractivity contribution < 1.29 is 4.74 Å². The van der Waals surface area contributed by atoms with E-state index in [1.54, 1.807) is 0 Å². The number of benzene rings is 1. The Hall–Kier alpha value is -1.44. The van der Waals surface area contributed by atoms with Crippen LogP contribution < -0.4 is 10.1 Å². The van der Waals surface area contributed by atoms with E-state index in [2.05, 4.69) is 17.5 Å². The lowest BCUT2D eigenvalue weighted by Gasteiger charge is -2.21. The first-order valence-electron chi connectivity index (χ1n) is 4.65. The van der Waals surface area contributed by atoms with Crippen molar-refractivity contribution >= 4 is 6.08 Å². The van der Waals surface area contributed by atoms with Crippen LogP contribution in [0.1, 0.15) is 12.0 Å². The molecular weight excluding hydrogens is 162 g/mol. The number of hydrogen-bond donors (Lipinski definition) is 1. The Morgan fingerprint density at radius 2 is 2.23 bits per heavy atom. The van der Waals surface area contributed by atoms with Crippen molar-refractivity contribution in [1.29, 1.82) is 0 Å². The summed E-state index contributed by atoms with van der Waals surface area (Å²) in [6, 6.07) is 8.16. The summed E-state index contributed by atoms with van der Waals surface area (Å²) in [6.45, 7) is 1.03. The highest BCUT2D eigenvalue weighted by Gasteiger charge is 2.26. The van der Waals surface area contributed by atoms with Crippen LogP contribution >= 0.6 is 0 Å². The van der Waals surface area contributed by atoms with Gasteiger partial charge in [-0.15, -0.1) is 0 Å². The van der Waals surface area contributed by atoms with Crippen LogP contribution in [0.2, 0.25) is 0 Å². The summed E-state index contributed by atoms with van der Waals surface area (Å²) in [7, 11) is 0. The van der Waals surface area contributed by atoms with Gasteiger partial charge in [0.25, 0.3) is 0 Å². The molecule has 0 radical (unpaired) electrons. The number of hydrogen-bond acceptors (Lipinski definition) is 2. The fraction of sp³-hybridized carbons (Fsp3) is 0.273. The lowest BCUT2D eigenvalue weighted by Crippen LogP contribution is -2.20. The van der Waals surface area contributed by atoms with E-state index in [9.17, 15) is 0 Å². The molecule has 13 heavy (non-hydrogen) atoms. The highest BCUT2D eigenvalue weighted by atomic mass is 16.5. The fourth-order valence-corrected chi connectivity index (χ4v) is 1.91. The van der Waals surface area contributed by atoms with Crippen molar-refractivity contribution in [1.82, 2.24) is 5.32 Å². The third kappa shape index (κ3) is 1.02. The first-order valence-corrected chi connectivity index (χ1v) is 4.65. The van der Waals surface area contributed by atoms with Crippen LogP contribution in [0.4, 0.5) is 0 Å². The summed E-state index contributed by atoms with van der Waals surface area (Å²) in [4.78, 5) is 0. The summed E-state index contributed by atoms with van der Waals surface area (Å²) in [5.41, 5.74) is 2.42. The quantitative estimate of drug-likeness (QED) is 0.645. The van der Waals surface area contributed by atoms with Gasteiger partial charge in [0.15, 0.2) is 0 Å². The molecule has 1 saturated heterocycles. The van der Waals surface area contributed by atoms with Gasteiger partial charge in [0.05, 0.1) is 5.70 Å². The SMILES string of the molecule is C1=C2NCCC2Oc2ccccc21. The number of para-hydroxylation sites is 1. The zero-order valence-electron chi connectivity index (χ0n) is 7.29. The van der Waals surface area contributed by atoms with Gasteiger partial charge in [-0.3, -0.25) is 0 Å². The Labute approximate surface area is 77.2 Å². The second-order valence-corrected chi connectivity index (χ2v) is 3.46. The molecular formula is C11H11NO. The van der Waals surface area contributed by atoms with E-state index in [4.69, 9.17) is 4.74 Å². The Kier molecular flexibility index (Phi) is 1.36. The maximum atomic E-state index is 5.83. The van der Waals surface area contributed by atoms with E-state index >= 15 is 0 Å². The molecule has 0 aliphatic carbocycles. The zero-order valence-corrected chi connectivity index (χ0v) is 7.29. The Morgan fingerprint density at radius 1 is 1.31 bits per heavy atom. The van der Waals surface area contributed by atoms with Gasteiger partial charge in [0, 0.05) is 18.5 Å². The monoisotopic (exact) mass is 173 g/mol. The predicted octanol–water partition coefficient (Wildman–Crippen LogP) is 1.78. The van der Waals surface area contributed by atoms with Crippen molar-refractivity contribution in [2.45, 2.75) is 12.5 Å². The molecule has 3 rings (SSSR count). The third-order valence-corrected chi connectivity index (χ3v) is 2.58. The fourth-order valence-electron chi connectivity index (χ4n) is 1.91. The normalized spacial score (nSPS) is 23.7. The molecule has 2 aliphatic heterocycles. The van der Waals surface area contributed by atoms with Crippen molar-refractivity contribution in [3.8, 4) is 5.75 Å². The van der Waals surface area contributed by atoms with E-state index in [0.717, 1.165) is 18.7 Å². The molecule has 2 nitrogen and oxygen atoms in total. The molecule has 0 spiro atoms. The average Bonchev–Trinajstić information content (AvgIpc) is 2.61. The molecule has 1 atom stereocenters. The van der Waals surface area contributed by atoms with Crippen LogP contribution in [0.15, 0.2) is 30.0 Å². The summed E-state index contributed by atoms with van der Waals surface area (Å²) in [6.07, 6.45) is 3.55. The molecule has 1 N–H and O–H groups in total. The van der Waals surface area contributed by atoms with Gasteiger partial charge in [-0.1, -0.05) is 18.2 Å². The smallest absolute Gasteiger partial charge is 0.140 e. The lowest BCUT2D eigenvalue weighted by atomic mass is 10.1. The minimum atomic E-state index is 0.273. The van der Waals surface area contributed by atoms with E-state index in [0.29, 0.717) is 0 Å². The predicted molar refractivity (Wildman–Crippen MR) is 51.5 cm³/mol. The second kappa shape index (κ2) is 2.52. The van der Waals surface area contributed by atoms with E-state index in [-0.39, 0.29) is 6.10 Å². The molecule has 0 amide bonds. The summed E-state index contributed by atoms with van der Waals surface area (Å²) in [5, 5.41) is 3.34. The average molecular weight is 173 g/mol. The van der Waals surface area contributed by atoms with Crippen molar-refractivity contribution in [3.63, 3.8) is 0 Å². The van der Waals surface area contributed by atoms with E-state index in [1.807, 2.05) is 18.2 Å². The third-order valence-electron chi connectivity index (χ3n) is 2.58. The van der Waals surface area contributed by atoms with Crippen molar-refractivity contribution in [2.75, 3.05) is 6.54 Å². The van der Waals surface area contributed by atoms with Crippen LogP contribution in [0.5, 0.6) is 5.75 Å². The second-order valence-electron chi connectivity index (χ2n) is 3.46. The molecule has 1 fully saturated rings. The first-order chi connectivity index (χ1) is 6.43. The minimum absolute atomic E-state index is 0.273. The highest BCUT2D eigenvalue weighted by Crippen LogP contribution is 2.31.